The molecular formula is C25H31N3O4S. The Hall–Kier alpha value is -2.84. The van der Waals surface area contributed by atoms with Gasteiger partial charge in [-0.25, -0.2) is 4.98 Å². The Labute approximate surface area is 198 Å². The summed E-state index contributed by atoms with van der Waals surface area (Å²) in [6, 6.07) is 9.04. The molecule has 176 valence electrons. The third kappa shape index (κ3) is 5.75. The van der Waals surface area contributed by atoms with Crippen molar-refractivity contribution in [3.63, 3.8) is 0 Å². The fraction of sp³-hybridized carbons (Fsp3) is 0.440. The van der Waals surface area contributed by atoms with E-state index in [0.29, 0.717) is 23.2 Å². The minimum absolute atomic E-state index is 0.172. The van der Waals surface area contributed by atoms with Gasteiger partial charge in [-0.15, -0.1) is 11.3 Å². The Morgan fingerprint density at radius 3 is 2.67 bits per heavy atom. The third-order valence-corrected chi connectivity index (χ3v) is 6.80. The summed E-state index contributed by atoms with van der Waals surface area (Å²) >= 11 is 1.44. The molecule has 1 amide bonds. The SMILES string of the molecule is COc1ccc(OC)c(-c2csc(N(CCCN3CCCCCC3)C(=O)c3ccco3)n2)c1. The van der Waals surface area contributed by atoms with Crippen molar-refractivity contribution in [2.75, 3.05) is 45.3 Å². The molecule has 0 unspecified atom stereocenters. The molecule has 3 heterocycles. The van der Waals surface area contributed by atoms with E-state index in [-0.39, 0.29) is 5.91 Å². The Balaban J connectivity index is 1.55. The zero-order chi connectivity index (χ0) is 23.0. The number of rotatable bonds is 9. The minimum Gasteiger partial charge on any atom is -0.497 e. The smallest absolute Gasteiger partial charge is 0.295 e. The number of furan rings is 1. The second kappa shape index (κ2) is 11.3. The van der Waals surface area contributed by atoms with Crippen molar-refractivity contribution in [2.24, 2.45) is 0 Å². The highest BCUT2D eigenvalue weighted by molar-refractivity contribution is 7.14. The molecule has 8 heteroatoms. The maximum Gasteiger partial charge on any atom is 0.295 e. The van der Waals surface area contributed by atoms with Crippen molar-refractivity contribution < 1.29 is 18.7 Å². The van der Waals surface area contributed by atoms with Gasteiger partial charge in [-0.05, 0) is 69.2 Å². The Kier molecular flexibility index (Phi) is 8.01. The average Bonchev–Trinajstić information content (AvgIpc) is 3.49. The number of amides is 1. The molecule has 1 aliphatic rings. The summed E-state index contributed by atoms with van der Waals surface area (Å²) in [4.78, 5) is 22.3. The molecule has 0 atom stereocenters. The van der Waals surface area contributed by atoms with E-state index in [9.17, 15) is 4.79 Å². The van der Waals surface area contributed by atoms with E-state index < -0.39 is 0 Å². The van der Waals surface area contributed by atoms with Gasteiger partial charge in [-0.1, -0.05) is 12.8 Å². The summed E-state index contributed by atoms with van der Waals surface area (Å²) in [6.45, 7) is 3.84. The number of carbonyl (C=O) groups excluding carboxylic acids is 1. The van der Waals surface area contributed by atoms with Crippen LogP contribution in [0.15, 0.2) is 46.4 Å². The summed E-state index contributed by atoms with van der Waals surface area (Å²) < 4.78 is 16.3. The number of carbonyl (C=O) groups is 1. The van der Waals surface area contributed by atoms with Crippen LogP contribution >= 0.6 is 11.3 Å². The van der Waals surface area contributed by atoms with Gasteiger partial charge >= 0.3 is 0 Å². The standard InChI is InChI=1S/C25H31N3O4S/c1-30-19-10-11-22(31-2)20(17-19)21-18-33-25(26-21)28(24(29)23-9-7-16-32-23)15-8-14-27-12-5-3-4-6-13-27/h7,9-11,16-18H,3-6,8,12-15H2,1-2H3. The van der Waals surface area contributed by atoms with Crippen molar-refractivity contribution in [2.45, 2.75) is 32.1 Å². The van der Waals surface area contributed by atoms with Crippen molar-refractivity contribution in [1.29, 1.82) is 0 Å². The first-order valence-electron chi connectivity index (χ1n) is 11.4. The molecule has 0 bridgehead atoms. The lowest BCUT2D eigenvalue weighted by molar-refractivity contribution is 0.0959. The fourth-order valence-corrected chi connectivity index (χ4v) is 5.00. The number of benzene rings is 1. The number of anilines is 1. The number of methoxy groups -OCH3 is 2. The van der Waals surface area contributed by atoms with Crippen LogP contribution in [-0.4, -0.2) is 56.2 Å². The van der Waals surface area contributed by atoms with Crippen molar-refractivity contribution in [3.05, 3.63) is 47.7 Å². The Morgan fingerprint density at radius 1 is 1.15 bits per heavy atom. The number of thiazole rings is 1. The van der Waals surface area contributed by atoms with Crippen LogP contribution in [0, 0.1) is 0 Å². The van der Waals surface area contributed by atoms with Gasteiger partial charge in [0, 0.05) is 17.5 Å². The number of nitrogens with zero attached hydrogens (tertiary/aromatic N) is 3. The van der Waals surface area contributed by atoms with Crippen LogP contribution in [0.3, 0.4) is 0 Å². The Morgan fingerprint density at radius 2 is 1.97 bits per heavy atom. The van der Waals surface area contributed by atoms with Crippen LogP contribution in [0.4, 0.5) is 5.13 Å². The number of likely N-dealkylation sites (tertiary alicyclic amines) is 1. The molecule has 1 aliphatic heterocycles. The predicted octanol–water partition coefficient (Wildman–Crippen LogP) is 5.33. The van der Waals surface area contributed by atoms with E-state index in [2.05, 4.69) is 4.90 Å². The highest BCUT2D eigenvalue weighted by Gasteiger charge is 2.24. The molecule has 7 nitrogen and oxygen atoms in total. The largest absolute Gasteiger partial charge is 0.497 e. The summed E-state index contributed by atoms with van der Waals surface area (Å²) in [5.74, 6) is 1.58. The van der Waals surface area contributed by atoms with Crippen molar-refractivity contribution in [3.8, 4) is 22.8 Å². The molecule has 0 spiro atoms. The molecule has 0 aliphatic carbocycles. The monoisotopic (exact) mass is 469 g/mol. The Bertz CT molecular complexity index is 1030. The molecule has 1 aromatic carbocycles. The van der Waals surface area contributed by atoms with Crippen LogP contribution in [0.5, 0.6) is 11.5 Å². The number of aromatic nitrogens is 1. The van der Waals surface area contributed by atoms with E-state index in [4.69, 9.17) is 18.9 Å². The fourth-order valence-electron chi connectivity index (χ4n) is 4.16. The molecular weight excluding hydrogens is 438 g/mol. The topological polar surface area (TPSA) is 68.0 Å². The van der Waals surface area contributed by atoms with Gasteiger partial charge in [-0.2, -0.15) is 0 Å². The normalized spacial score (nSPS) is 14.6. The van der Waals surface area contributed by atoms with E-state index in [1.807, 2.05) is 23.6 Å². The van der Waals surface area contributed by atoms with E-state index >= 15 is 0 Å². The second-order valence-corrected chi connectivity index (χ2v) is 8.96. The van der Waals surface area contributed by atoms with Crippen molar-refractivity contribution >= 4 is 22.4 Å². The molecule has 33 heavy (non-hydrogen) atoms. The van der Waals surface area contributed by atoms with Gasteiger partial charge in [-0.3, -0.25) is 9.69 Å². The van der Waals surface area contributed by atoms with Gasteiger partial charge in [0.05, 0.1) is 26.2 Å². The maximum absolute atomic E-state index is 13.3. The van der Waals surface area contributed by atoms with Crippen LogP contribution in [0.25, 0.3) is 11.3 Å². The molecule has 0 N–H and O–H groups in total. The van der Waals surface area contributed by atoms with Gasteiger partial charge in [0.15, 0.2) is 10.9 Å². The first-order valence-corrected chi connectivity index (χ1v) is 12.3. The molecule has 0 saturated carbocycles. The first kappa shape index (κ1) is 23.3. The molecule has 3 aromatic rings. The molecule has 2 aromatic heterocycles. The lowest BCUT2D eigenvalue weighted by Gasteiger charge is -2.23. The van der Waals surface area contributed by atoms with Gasteiger partial charge in [0.2, 0.25) is 0 Å². The van der Waals surface area contributed by atoms with E-state index in [1.165, 1.54) is 43.3 Å². The van der Waals surface area contributed by atoms with E-state index in [1.54, 1.807) is 31.3 Å². The summed E-state index contributed by atoms with van der Waals surface area (Å²) in [5, 5.41) is 2.59. The van der Waals surface area contributed by atoms with Gasteiger partial charge in [0.1, 0.15) is 11.5 Å². The van der Waals surface area contributed by atoms with Gasteiger partial charge < -0.3 is 18.8 Å². The molecule has 1 fully saturated rings. The zero-order valence-corrected chi connectivity index (χ0v) is 20.1. The number of hydrogen-bond donors (Lipinski definition) is 0. The van der Waals surface area contributed by atoms with Crippen molar-refractivity contribution in [1.82, 2.24) is 9.88 Å². The first-order chi connectivity index (χ1) is 16.2. The van der Waals surface area contributed by atoms with Gasteiger partial charge in [0.25, 0.3) is 5.91 Å². The minimum atomic E-state index is -0.172. The molecule has 4 rings (SSSR count). The highest BCUT2D eigenvalue weighted by Crippen LogP contribution is 2.36. The second-order valence-electron chi connectivity index (χ2n) is 8.13. The average molecular weight is 470 g/mol. The maximum atomic E-state index is 13.3. The predicted molar refractivity (Wildman–Crippen MR) is 131 cm³/mol. The van der Waals surface area contributed by atoms with Crippen LogP contribution < -0.4 is 14.4 Å². The van der Waals surface area contributed by atoms with Crippen LogP contribution in [-0.2, 0) is 0 Å². The number of ether oxygens (including phenoxy) is 2. The number of hydrogen-bond acceptors (Lipinski definition) is 7. The lowest BCUT2D eigenvalue weighted by Crippen LogP contribution is -2.34. The molecule has 0 radical (unpaired) electrons. The zero-order valence-electron chi connectivity index (χ0n) is 19.3. The summed E-state index contributed by atoms with van der Waals surface area (Å²) in [5.41, 5.74) is 1.57. The highest BCUT2D eigenvalue weighted by atomic mass is 32.1. The summed E-state index contributed by atoms with van der Waals surface area (Å²) in [7, 11) is 3.26. The van der Waals surface area contributed by atoms with Crippen LogP contribution in [0.1, 0.15) is 42.7 Å². The van der Waals surface area contributed by atoms with E-state index in [0.717, 1.165) is 43.1 Å². The quantitative estimate of drug-likeness (QED) is 0.422. The lowest BCUT2D eigenvalue weighted by atomic mass is 10.1. The van der Waals surface area contributed by atoms with Crippen LogP contribution in [0.2, 0.25) is 0 Å². The molecule has 1 saturated heterocycles. The summed E-state index contributed by atoms with van der Waals surface area (Å²) in [6.07, 6.45) is 7.55. The third-order valence-electron chi connectivity index (χ3n) is 5.94.